The van der Waals surface area contributed by atoms with E-state index < -0.39 is 28.5 Å². The van der Waals surface area contributed by atoms with Crippen molar-refractivity contribution in [2.45, 2.75) is 32.9 Å². The molecule has 0 bridgehead atoms. The molecule has 11 heteroatoms. The molecule has 0 fully saturated rings. The van der Waals surface area contributed by atoms with Gasteiger partial charge in [-0.1, -0.05) is 85.6 Å². The molecule has 3 aromatic carbocycles. The van der Waals surface area contributed by atoms with Gasteiger partial charge >= 0.3 is 0 Å². The number of halogens is 2. The van der Waals surface area contributed by atoms with Crippen molar-refractivity contribution in [2.24, 2.45) is 5.92 Å². The number of amides is 2. The van der Waals surface area contributed by atoms with Gasteiger partial charge in [-0.2, -0.15) is 0 Å². The molecule has 0 spiro atoms. The van der Waals surface area contributed by atoms with Crippen LogP contribution in [0, 0.1) is 5.92 Å². The summed E-state index contributed by atoms with van der Waals surface area (Å²) in [4.78, 5) is 29.2. The summed E-state index contributed by atoms with van der Waals surface area (Å²) >= 11 is 12.7. The third-order valence-corrected chi connectivity index (χ3v) is 8.07. The van der Waals surface area contributed by atoms with Gasteiger partial charge in [-0.15, -0.1) is 0 Å². The van der Waals surface area contributed by atoms with Gasteiger partial charge in [-0.3, -0.25) is 13.9 Å². The maximum Gasteiger partial charge on any atom is 0.244 e. The lowest BCUT2D eigenvalue weighted by atomic mass is 10.0. The second-order valence-electron chi connectivity index (χ2n) is 10.0. The van der Waals surface area contributed by atoms with Crippen LogP contribution in [-0.2, 0) is 32.6 Å². The second-order valence-corrected chi connectivity index (χ2v) is 12.8. The van der Waals surface area contributed by atoms with E-state index in [1.807, 2.05) is 44.2 Å². The molecule has 0 unspecified atom stereocenters. The van der Waals surface area contributed by atoms with Gasteiger partial charge in [0, 0.05) is 29.6 Å². The topological polar surface area (TPSA) is 96.0 Å². The van der Waals surface area contributed by atoms with Gasteiger partial charge in [-0.25, -0.2) is 8.42 Å². The first-order valence-corrected chi connectivity index (χ1v) is 15.7. The van der Waals surface area contributed by atoms with Crippen LogP contribution in [0.15, 0.2) is 72.8 Å². The van der Waals surface area contributed by atoms with E-state index in [9.17, 15) is 18.0 Å². The molecule has 0 heterocycles. The largest absolute Gasteiger partial charge is 0.495 e. The molecule has 3 rings (SSSR count). The average molecular weight is 621 g/mol. The van der Waals surface area contributed by atoms with Gasteiger partial charge in [0.2, 0.25) is 21.8 Å². The van der Waals surface area contributed by atoms with Crippen molar-refractivity contribution in [3.05, 3.63) is 94.0 Å². The van der Waals surface area contributed by atoms with Crippen molar-refractivity contribution >= 4 is 50.7 Å². The van der Waals surface area contributed by atoms with Gasteiger partial charge in [-0.05, 0) is 41.3 Å². The van der Waals surface area contributed by atoms with Gasteiger partial charge < -0.3 is 15.0 Å². The first kappa shape index (κ1) is 32.2. The van der Waals surface area contributed by atoms with E-state index in [0.717, 1.165) is 16.1 Å². The molecule has 3 aromatic rings. The highest BCUT2D eigenvalue weighted by molar-refractivity contribution is 7.92. The number of ether oxygens (including phenoxy) is 1. The van der Waals surface area contributed by atoms with Gasteiger partial charge in [0.15, 0.2) is 0 Å². The number of rotatable bonds is 13. The highest BCUT2D eigenvalue weighted by Crippen LogP contribution is 2.33. The number of nitrogens with one attached hydrogen (secondary N) is 1. The van der Waals surface area contributed by atoms with Gasteiger partial charge in [0.05, 0.1) is 19.1 Å². The van der Waals surface area contributed by atoms with Crippen molar-refractivity contribution in [1.82, 2.24) is 10.2 Å². The minimum absolute atomic E-state index is 0.0185. The standard InChI is InChI=1S/C30H35Cl2N3O5S/c1-21(2)18-33-30(37)27(16-22-10-6-5-7-11-22)34(19-23-12-8-9-13-25(23)32)29(36)20-35(41(4,38)39)26-17-24(31)14-15-28(26)40-3/h5-15,17,21,27H,16,18-20H2,1-4H3,(H,33,37)/t27-/m0/s1. The Morgan fingerprint density at radius 3 is 2.24 bits per heavy atom. The summed E-state index contributed by atoms with van der Waals surface area (Å²) in [6.07, 6.45) is 1.20. The number of anilines is 1. The molecule has 1 atom stereocenters. The number of sulfonamides is 1. The average Bonchev–Trinajstić information content (AvgIpc) is 2.93. The highest BCUT2D eigenvalue weighted by atomic mass is 35.5. The van der Waals surface area contributed by atoms with Crippen molar-refractivity contribution < 1.29 is 22.7 Å². The molecule has 0 radical (unpaired) electrons. The number of hydrogen-bond donors (Lipinski definition) is 1. The third-order valence-electron chi connectivity index (χ3n) is 6.34. The molecule has 0 aromatic heterocycles. The van der Waals surface area contributed by atoms with E-state index in [1.54, 1.807) is 30.3 Å². The molecule has 0 aliphatic heterocycles. The Hall–Kier alpha value is -3.27. The molecule has 8 nitrogen and oxygen atoms in total. The Balaban J connectivity index is 2.10. The number of methoxy groups -OCH3 is 1. The van der Waals surface area contributed by atoms with Crippen LogP contribution in [0.5, 0.6) is 5.75 Å². The maximum atomic E-state index is 14.2. The SMILES string of the molecule is COc1ccc(Cl)cc1N(CC(=O)N(Cc1ccccc1Cl)[C@@H](Cc1ccccc1)C(=O)NCC(C)C)S(C)(=O)=O. The zero-order valence-corrected chi connectivity index (χ0v) is 25.8. The predicted molar refractivity (Wildman–Crippen MR) is 164 cm³/mol. The summed E-state index contributed by atoms with van der Waals surface area (Å²) in [5.74, 6) is -0.548. The first-order chi connectivity index (χ1) is 19.4. The Kier molecular flexibility index (Phi) is 11.5. The van der Waals surface area contributed by atoms with Crippen LogP contribution in [0.25, 0.3) is 0 Å². The van der Waals surface area contributed by atoms with Crippen molar-refractivity contribution in [1.29, 1.82) is 0 Å². The summed E-state index contributed by atoms with van der Waals surface area (Å²) < 4.78 is 32.3. The molecule has 41 heavy (non-hydrogen) atoms. The Morgan fingerprint density at radius 2 is 1.63 bits per heavy atom. The number of carbonyl (C=O) groups is 2. The summed E-state index contributed by atoms with van der Waals surface area (Å²) in [5.41, 5.74) is 1.56. The normalized spacial score (nSPS) is 12.1. The minimum Gasteiger partial charge on any atom is -0.495 e. The quantitative estimate of drug-likeness (QED) is 0.284. The van der Waals surface area contributed by atoms with Crippen LogP contribution >= 0.6 is 23.2 Å². The second kappa shape index (κ2) is 14.6. The van der Waals surface area contributed by atoms with Crippen molar-refractivity contribution in [3.8, 4) is 5.75 Å². The van der Waals surface area contributed by atoms with Crippen molar-refractivity contribution in [3.63, 3.8) is 0 Å². The van der Waals surface area contributed by atoms with E-state index >= 15 is 0 Å². The molecule has 0 saturated heterocycles. The van der Waals surface area contributed by atoms with Gasteiger partial charge in [0.25, 0.3) is 0 Å². The molecule has 0 aliphatic carbocycles. The Labute approximate surface area is 252 Å². The highest BCUT2D eigenvalue weighted by Gasteiger charge is 2.34. The summed E-state index contributed by atoms with van der Waals surface area (Å²) in [6.45, 7) is 3.74. The minimum atomic E-state index is -3.98. The molecule has 1 N–H and O–H groups in total. The monoisotopic (exact) mass is 619 g/mol. The zero-order valence-electron chi connectivity index (χ0n) is 23.5. The number of benzene rings is 3. The summed E-state index contributed by atoms with van der Waals surface area (Å²) in [6, 6.07) is 19.9. The van der Waals surface area contributed by atoms with E-state index in [1.165, 1.54) is 24.1 Å². The van der Waals surface area contributed by atoms with Crippen LogP contribution in [-0.4, -0.2) is 57.6 Å². The smallest absolute Gasteiger partial charge is 0.244 e. The maximum absolute atomic E-state index is 14.2. The molecule has 2 amide bonds. The van der Waals surface area contributed by atoms with Crippen LogP contribution in [0.1, 0.15) is 25.0 Å². The Morgan fingerprint density at radius 1 is 0.976 bits per heavy atom. The van der Waals surface area contributed by atoms with E-state index in [0.29, 0.717) is 17.1 Å². The molecular weight excluding hydrogens is 585 g/mol. The van der Waals surface area contributed by atoms with E-state index in [2.05, 4.69) is 5.32 Å². The number of nitrogens with zero attached hydrogens (tertiary/aromatic N) is 2. The van der Waals surface area contributed by atoms with E-state index in [-0.39, 0.29) is 41.3 Å². The van der Waals surface area contributed by atoms with E-state index in [4.69, 9.17) is 27.9 Å². The predicted octanol–water partition coefficient (Wildman–Crippen LogP) is 5.18. The first-order valence-electron chi connectivity index (χ1n) is 13.1. The number of carbonyl (C=O) groups excluding carboxylic acids is 2. The fourth-order valence-corrected chi connectivity index (χ4v) is 5.45. The fourth-order valence-electron chi connectivity index (χ4n) is 4.24. The summed E-state index contributed by atoms with van der Waals surface area (Å²) in [7, 11) is -2.59. The van der Waals surface area contributed by atoms with Gasteiger partial charge in [0.1, 0.15) is 18.3 Å². The van der Waals surface area contributed by atoms with Crippen LogP contribution in [0.3, 0.4) is 0 Å². The molecule has 0 aliphatic rings. The molecule has 220 valence electrons. The van der Waals surface area contributed by atoms with Crippen LogP contribution in [0.2, 0.25) is 10.0 Å². The lowest BCUT2D eigenvalue weighted by Gasteiger charge is -2.34. The Bertz CT molecular complexity index is 1450. The lowest BCUT2D eigenvalue weighted by molar-refractivity contribution is -0.140. The third kappa shape index (κ3) is 9.11. The fraction of sp³-hybridized carbons (Fsp3) is 0.333. The van der Waals surface area contributed by atoms with Crippen LogP contribution < -0.4 is 14.4 Å². The summed E-state index contributed by atoms with van der Waals surface area (Å²) in [5, 5.41) is 3.63. The lowest BCUT2D eigenvalue weighted by Crippen LogP contribution is -2.53. The van der Waals surface area contributed by atoms with Crippen molar-refractivity contribution in [2.75, 3.05) is 30.8 Å². The molecule has 0 saturated carbocycles. The zero-order chi connectivity index (χ0) is 30.2. The van der Waals surface area contributed by atoms with Crippen LogP contribution in [0.4, 0.5) is 5.69 Å². The number of hydrogen-bond acceptors (Lipinski definition) is 5. The molecular formula is C30H35Cl2N3O5S.